The van der Waals surface area contributed by atoms with Gasteiger partial charge in [0.05, 0.1) is 18.5 Å². The Morgan fingerprint density at radius 2 is 1.68 bits per heavy atom. The Balaban J connectivity index is 1.66. The molecule has 162 valence electrons. The van der Waals surface area contributed by atoms with Gasteiger partial charge in [0, 0.05) is 25.2 Å². The molecule has 0 bridgehead atoms. The summed E-state index contributed by atoms with van der Waals surface area (Å²) in [6, 6.07) is 20.1. The van der Waals surface area contributed by atoms with E-state index in [0.717, 1.165) is 54.2 Å². The highest BCUT2D eigenvalue weighted by molar-refractivity contribution is 5.79. The molecule has 1 aromatic heterocycles. The molecule has 0 saturated carbocycles. The van der Waals surface area contributed by atoms with Gasteiger partial charge >= 0.3 is 0 Å². The van der Waals surface area contributed by atoms with Crippen molar-refractivity contribution in [3.05, 3.63) is 71.8 Å². The third kappa shape index (κ3) is 5.16. The fourth-order valence-corrected chi connectivity index (χ4v) is 4.20. The minimum atomic E-state index is 0.132. The van der Waals surface area contributed by atoms with Crippen LogP contribution < -0.4 is 4.90 Å². The van der Waals surface area contributed by atoms with Crippen LogP contribution in [0.3, 0.4) is 0 Å². The first-order valence-corrected chi connectivity index (χ1v) is 11.2. The van der Waals surface area contributed by atoms with E-state index in [0.29, 0.717) is 25.4 Å². The third-order valence-corrected chi connectivity index (χ3v) is 5.69. The largest absolute Gasteiger partial charge is 0.340 e. The highest BCUT2D eigenvalue weighted by Crippen LogP contribution is 2.34. The summed E-state index contributed by atoms with van der Waals surface area (Å²) in [6.07, 6.45) is 2.71. The van der Waals surface area contributed by atoms with Gasteiger partial charge in [-0.2, -0.15) is 0 Å². The lowest BCUT2D eigenvalue weighted by Gasteiger charge is -2.26. The Morgan fingerprint density at radius 1 is 1.03 bits per heavy atom. The molecular formula is C26H31N3O2. The number of rotatable bonds is 8. The van der Waals surface area contributed by atoms with Gasteiger partial charge in [-0.25, -0.2) is 0 Å². The molecule has 0 atom stereocenters. The van der Waals surface area contributed by atoms with Crippen molar-refractivity contribution in [3.63, 3.8) is 0 Å². The quantitative estimate of drug-likeness (QED) is 0.507. The first-order chi connectivity index (χ1) is 15.1. The maximum absolute atomic E-state index is 13.3. The zero-order valence-corrected chi connectivity index (χ0v) is 18.5. The number of aromatic nitrogens is 1. The van der Waals surface area contributed by atoms with Crippen molar-refractivity contribution in [2.24, 2.45) is 5.92 Å². The lowest BCUT2D eigenvalue weighted by atomic mass is 10.1. The Morgan fingerprint density at radius 3 is 2.32 bits per heavy atom. The fraction of sp³-hybridized carbons (Fsp3) is 0.385. The van der Waals surface area contributed by atoms with E-state index < -0.39 is 0 Å². The van der Waals surface area contributed by atoms with Gasteiger partial charge in [0.2, 0.25) is 11.8 Å². The lowest BCUT2D eigenvalue weighted by Crippen LogP contribution is -2.35. The van der Waals surface area contributed by atoms with E-state index in [-0.39, 0.29) is 5.91 Å². The van der Waals surface area contributed by atoms with Crippen molar-refractivity contribution < 1.29 is 9.32 Å². The zero-order chi connectivity index (χ0) is 21.6. The number of hydrogen-bond acceptors (Lipinski definition) is 4. The molecule has 1 aliphatic rings. The molecule has 5 nitrogen and oxygen atoms in total. The Kier molecular flexibility index (Phi) is 6.70. The van der Waals surface area contributed by atoms with Gasteiger partial charge in [-0.3, -0.25) is 4.79 Å². The van der Waals surface area contributed by atoms with Crippen LogP contribution in [0, 0.1) is 5.92 Å². The van der Waals surface area contributed by atoms with Crippen molar-refractivity contribution in [2.45, 2.75) is 39.7 Å². The highest BCUT2D eigenvalue weighted by atomic mass is 16.5. The van der Waals surface area contributed by atoms with Crippen molar-refractivity contribution in [3.8, 4) is 11.3 Å². The minimum Gasteiger partial charge on any atom is -0.340 e. The maximum atomic E-state index is 13.3. The molecule has 1 aliphatic heterocycles. The number of carbonyl (C=O) groups excluding carboxylic acids is 1. The average Bonchev–Trinajstić information content (AvgIpc) is 3.44. The number of anilines is 1. The number of carbonyl (C=O) groups is 1. The number of hydrogen-bond donors (Lipinski definition) is 0. The summed E-state index contributed by atoms with van der Waals surface area (Å²) in [4.78, 5) is 17.6. The van der Waals surface area contributed by atoms with Gasteiger partial charge in [0.15, 0.2) is 0 Å². The van der Waals surface area contributed by atoms with Crippen LogP contribution in [0.1, 0.15) is 37.8 Å². The first kappa shape index (κ1) is 21.2. The predicted molar refractivity (Wildman–Crippen MR) is 124 cm³/mol. The van der Waals surface area contributed by atoms with Crippen molar-refractivity contribution >= 4 is 11.8 Å². The maximum Gasteiger partial charge on any atom is 0.232 e. The molecule has 0 spiro atoms. The molecule has 31 heavy (non-hydrogen) atoms. The van der Waals surface area contributed by atoms with Crippen LogP contribution in [0.25, 0.3) is 11.3 Å². The number of nitrogens with zero attached hydrogens (tertiary/aromatic N) is 3. The van der Waals surface area contributed by atoms with Gasteiger partial charge in [0.25, 0.3) is 0 Å². The van der Waals surface area contributed by atoms with E-state index >= 15 is 0 Å². The highest BCUT2D eigenvalue weighted by Gasteiger charge is 2.27. The first-order valence-electron chi connectivity index (χ1n) is 11.2. The molecule has 0 aliphatic carbocycles. The summed E-state index contributed by atoms with van der Waals surface area (Å²) < 4.78 is 5.88. The molecule has 2 aromatic carbocycles. The third-order valence-electron chi connectivity index (χ3n) is 5.69. The van der Waals surface area contributed by atoms with Crippen molar-refractivity contribution in [2.75, 3.05) is 24.5 Å². The second-order valence-corrected chi connectivity index (χ2v) is 8.71. The van der Waals surface area contributed by atoms with Crippen molar-refractivity contribution in [1.82, 2.24) is 10.1 Å². The molecule has 0 N–H and O–H groups in total. The Hall–Kier alpha value is -3.08. The second-order valence-electron chi connectivity index (χ2n) is 8.71. The van der Waals surface area contributed by atoms with Crippen LogP contribution in [0.5, 0.6) is 0 Å². The average molecular weight is 418 g/mol. The predicted octanol–water partition coefficient (Wildman–Crippen LogP) is 5.17. The van der Waals surface area contributed by atoms with Gasteiger partial charge in [-0.15, -0.1) is 0 Å². The molecule has 0 unspecified atom stereocenters. The Labute approximate surface area is 184 Å². The molecule has 0 radical (unpaired) electrons. The topological polar surface area (TPSA) is 49.6 Å². The van der Waals surface area contributed by atoms with Crippen LogP contribution in [0.15, 0.2) is 65.2 Å². The molecule has 4 rings (SSSR count). The van der Waals surface area contributed by atoms with E-state index in [1.807, 2.05) is 65.6 Å². The van der Waals surface area contributed by atoms with E-state index in [1.54, 1.807) is 0 Å². The van der Waals surface area contributed by atoms with E-state index in [4.69, 9.17) is 4.52 Å². The second kappa shape index (κ2) is 9.82. The molecular weight excluding hydrogens is 386 g/mol. The summed E-state index contributed by atoms with van der Waals surface area (Å²) in [6.45, 7) is 7.44. The molecule has 3 aromatic rings. The van der Waals surface area contributed by atoms with Gasteiger partial charge < -0.3 is 14.3 Å². The normalized spacial score (nSPS) is 13.7. The van der Waals surface area contributed by atoms with Crippen LogP contribution in [-0.4, -0.2) is 35.6 Å². The van der Waals surface area contributed by atoms with E-state index in [2.05, 4.69) is 23.9 Å². The van der Waals surface area contributed by atoms with Gasteiger partial charge in [0.1, 0.15) is 5.69 Å². The number of benzene rings is 2. The summed E-state index contributed by atoms with van der Waals surface area (Å²) in [5.41, 5.74) is 3.90. The smallest absolute Gasteiger partial charge is 0.232 e. The summed E-state index contributed by atoms with van der Waals surface area (Å²) in [7, 11) is 0. The fourth-order valence-electron chi connectivity index (χ4n) is 4.20. The molecule has 1 amide bonds. The van der Waals surface area contributed by atoms with Crippen LogP contribution in [0.4, 0.5) is 5.88 Å². The standard InChI is InChI=1S/C26H31N3O2/c1-20(2)18-29(24(30)17-21-11-5-3-6-12-21)19-23-25(22-13-7-4-8-14-22)27-31-26(23)28-15-9-10-16-28/h3-8,11-14,20H,9-10,15-19H2,1-2H3. The molecule has 2 heterocycles. The summed E-state index contributed by atoms with van der Waals surface area (Å²) in [5, 5.41) is 4.45. The van der Waals surface area contributed by atoms with Crippen LogP contribution in [-0.2, 0) is 17.8 Å². The molecule has 1 fully saturated rings. The van der Waals surface area contributed by atoms with Crippen LogP contribution in [0.2, 0.25) is 0 Å². The van der Waals surface area contributed by atoms with Gasteiger partial charge in [-0.1, -0.05) is 79.7 Å². The summed E-state index contributed by atoms with van der Waals surface area (Å²) in [5.74, 6) is 1.32. The SMILES string of the molecule is CC(C)CN(Cc1c(-c2ccccc2)noc1N1CCCC1)C(=O)Cc1ccccc1. The Bertz CT molecular complexity index is 976. The number of amides is 1. The lowest BCUT2D eigenvalue weighted by molar-refractivity contribution is -0.131. The van der Waals surface area contributed by atoms with E-state index in [1.165, 1.54) is 0 Å². The van der Waals surface area contributed by atoms with Crippen molar-refractivity contribution in [1.29, 1.82) is 0 Å². The van der Waals surface area contributed by atoms with Crippen LogP contribution >= 0.6 is 0 Å². The molecule has 1 saturated heterocycles. The monoisotopic (exact) mass is 417 g/mol. The minimum absolute atomic E-state index is 0.132. The zero-order valence-electron chi connectivity index (χ0n) is 18.5. The summed E-state index contributed by atoms with van der Waals surface area (Å²) >= 11 is 0. The van der Waals surface area contributed by atoms with Gasteiger partial charge in [-0.05, 0) is 24.3 Å². The van der Waals surface area contributed by atoms with E-state index in [9.17, 15) is 4.79 Å². The molecule has 5 heteroatoms.